The van der Waals surface area contributed by atoms with Crippen LogP contribution in [0.3, 0.4) is 0 Å². The van der Waals surface area contributed by atoms with Crippen LogP contribution in [-0.4, -0.2) is 17.7 Å². The second kappa shape index (κ2) is 9.45. The molecule has 0 amide bonds. The highest BCUT2D eigenvalue weighted by molar-refractivity contribution is 5.94. The van der Waals surface area contributed by atoms with Gasteiger partial charge in [-0.15, -0.1) is 0 Å². The molecule has 27 heavy (non-hydrogen) atoms. The van der Waals surface area contributed by atoms with Gasteiger partial charge in [0.05, 0.1) is 6.61 Å². The molecule has 0 saturated carbocycles. The Balaban J connectivity index is 1.63. The lowest BCUT2D eigenvalue weighted by Crippen LogP contribution is -2.12. The fourth-order valence-electron chi connectivity index (χ4n) is 3.53. The van der Waals surface area contributed by atoms with Crippen molar-refractivity contribution in [2.24, 2.45) is 0 Å². The van der Waals surface area contributed by atoms with Gasteiger partial charge in [0, 0.05) is 12.0 Å². The van der Waals surface area contributed by atoms with E-state index in [4.69, 9.17) is 9.47 Å². The van der Waals surface area contributed by atoms with Crippen molar-refractivity contribution in [2.45, 2.75) is 58.3 Å². The molecule has 1 aliphatic heterocycles. The van der Waals surface area contributed by atoms with Crippen molar-refractivity contribution in [3.05, 3.63) is 53.1 Å². The van der Waals surface area contributed by atoms with Crippen LogP contribution in [0.4, 0.5) is 0 Å². The number of carboxylic acids is 1. The maximum Gasteiger partial charge on any atom is 0.339 e. The lowest BCUT2D eigenvalue weighted by molar-refractivity contribution is 0.0690. The Morgan fingerprint density at radius 1 is 1.00 bits per heavy atom. The zero-order valence-corrected chi connectivity index (χ0v) is 16.0. The van der Waals surface area contributed by atoms with Crippen molar-refractivity contribution in [2.75, 3.05) is 6.61 Å². The zero-order valence-electron chi connectivity index (χ0n) is 16.0. The minimum absolute atomic E-state index is 0.227. The molecule has 0 aromatic heterocycles. The number of benzene rings is 2. The lowest BCUT2D eigenvalue weighted by Gasteiger charge is -2.23. The topological polar surface area (TPSA) is 55.8 Å². The summed E-state index contributed by atoms with van der Waals surface area (Å²) in [7, 11) is 0. The van der Waals surface area contributed by atoms with Crippen LogP contribution in [0.1, 0.15) is 73.4 Å². The summed E-state index contributed by atoms with van der Waals surface area (Å²) in [6.45, 7) is 2.76. The van der Waals surface area contributed by atoms with Crippen LogP contribution in [0.2, 0.25) is 0 Å². The number of carboxylic acid groups (broad SMARTS) is 1. The third-order valence-electron chi connectivity index (χ3n) is 5.01. The Hall–Kier alpha value is -2.49. The number of hydrogen-bond donors (Lipinski definition) is 1. The van der Waals surface area contributed by atoms with Gasteiger partial charge in [-0.05, 0) is 30.2 Å². The molecule has 2 aromatic carbocycles. The van der Waals surface area contributed by atoms with E-state index in [0.29, 0.717) is 30.1 Å². The molecule has 4 nitrogen and oxygen atoms in total. The Morgan fingerprint density at radius 2 is 1.74 bits per heavy atom. The SMILES string of the molecule is CCCCCCCCCOc1ccc2c(c1C(=O)O)Cc1ccccc1O2. The minimum atomic E-state index is -0.968. The first kappa shape index (κ1) is 19.3. The smallest absolute Gasteiger partial charge is 0.339 e. The first-order chi connectivity index (χ1) is 13.2. The third-order valence-corrected chi connectivity index (χ3v) is 5.01. The van der Waals surface area contributed by atoms with Crippen LogP contribution < -0.4 is 9.47 Å². The van der Waals surface area contributed by atoms with Crippen molar-refractivity contribution in [3.8, 4) is 17.2 Å². The molecule has 0 bridgehead atoms. The van der Waals surface area contributed by atoms with E-state index in [0.717, 1.165) is 24.2 Å². The van der Waals surface area contributed by atoms with Gasteiger partial charge in [-0.3, -0.25) is 0 Å². The first-order valence-corrected chi connectivity index (χ1v) is 9.98. The molecule has 1 N–H and O–H groups in total. The van der Waals surface area contributed by atoms with Crippen molar-refractivity contribution >= 4 is 5.97 Å². The molecule has 0 aliphatic carbocycles. The second-order valence-corrected chi connectivity index (χ2v) is 7.08. The summed E-state index contributed by atoms with van der Waals surface area (Å²) in [5.41, 5.74) is 1.92. The molecule has 0 spiro atoms. The Bertz CT molecular complexity index is 782. The average molecular weight is 368 g/mol. The maximum atomic E-state index is 11.9. The van der Waals surface area contributed by atoms with Gasteiger partial charge in [0.2, 0.25) is 0 Å². The van der Waals surface area contributed by atoms with Gasteiger partial charge >= 0.3 is 5.97 Å². The fraction of sp³-hybridized carbons (Fsp3) is 0.435. The molecule has 0 saturated heterocycles. The Labute approximate surface area is 161 Å². The minimum Gasteiger partial charge on any atom is -0.493 e. The van der Waals surface area contributed by atoms with E-state index >= 15 is 0 Å². The van der Waals surface area contributed by atoms with E-state index in [-0.39, 0.29) is 5.56 Å². The van der Waals surface area contributed by atoms with Crippen LogP contribution in [0, 0.1) is 0 Å². The molecule has 0 radical (unpaired) electrons. The molecule has 1 aliphatic rings. The van der Waals surface area contributed by atoms with Gasteiger partial charge in [0.1, 0.15) is 22.8 Å². The predicted molar refractivity (Wildman–Crippen MR) is 106 cm³/mol. The summed E-state index contributed by atoms with van der Waals surface area (Å²) in [5, 5.41) is 9.76. The van der Waals surface area contributed by atoms with Crippen molar-refractivity contribution in [3.63, 3.8) is 0 Å². The zero-order chi connectivity index (χ0) is 19.1. The molecule has 0 unspecified atom stereocenters. The number of rotatable bonds is 10. The monoisotopic (exact) mass is 368 g/mol. The fourth-order valence-corrected chi connectivity index (χ4v) is 3.53. The van der Waals surface area contributed by atoms with E-state index in [1.54, 1.807) is 6.07 Å². The van der Waals surface area contributed by atoms with E-state index in [1.165, 1.54) is 32.1 Å². The number of unbranched alkanes of at least 4 members (excludes halogenated alkanes) is 6. The van der Waals surface area contributed by atoms with Gasteiger partial charge in [-0.2, -0.15) is 0 Å². The van der Waals surface area contributed by atoms with Gasteiger partial charge in [0.25, 0.3) is 0 Å². The highest BCUT2D eigenvalue weighted by Crippen LogP contribution is 2.41. The van der Waals surface area contributed by atoms with E-state index in [9.17, 15) is 9.90 Å². The van der Waals surface area contributed by atoms with Crippen LogP contribution in [0.15, 0.2) is 36.4 Å². The van der Waals surface area contributed by atoms with E-state index < -0.39 is 5.97 Å². The molecular formula is C23H28O4. The van der Waals surface area contributed by atoms with Gasteiger partial charge in [-0.1, -0.05) is 63.6 Å². The van der Waals surface area contributed by atoms with Crippen molar-refractivity contribution in [1.82, 2.24) is 0 Å². The van der Waals surface area contributed by atoms with Crippen molar-refractivity contribution in [1.29, 1.82) is 0 Å². The highest BCUT2D eigenvalue weighted by Gasteiger charge is 2.26. The number of hydrogen-bond acceptors (Lipinski definition) is 3. The largest absolute Gasteiger partial charge is 0.493 e. The number of para-hydroxylation sites is 1. The second-order valence-electron chi connectivity index (χ2n) is 7.08. The molecular weight excluding hydrogens is 340 g/mol. The van der Waals surface area contributed by atoms with Crippen molar-refractivity contribution < 1.29 is 19.4 Å². The maximum absolute atomic E-state index is 11.9. The predicted octanol–water partition coefficient (Wildman–Crippen LogP) is 6.21. The van der Waals surface area contributed by atoms with Crippen LogP contribution in [-0.2, 0) is 6.42 Å². The number of carbonyl (C=O) groups is 1. The number of aromatic carboxylic acids is 1. The summed E-state index contributed by atoms with van der Waals surface area (Å²) in [6.07, 6.45) is 8.95. The summed E-state index contributed by atoms with van der Waals surface area (Å²) < 4.78 is 11.7. The van der Waals surface area contributed by atoms with Gasteiger partial charge < -0.3 is 14.6 Å². The van der Waals surface area contributed by atoms with Crippen LogP contribution in [0.25, 0.3) is 0 Å². The molecule has 0 fully saturated rings. The van der Waals surface area contributed by atoms with E-state index in [1.807, 2.05) is 30.3 Å². The molecule has 3 rings (SSSR count). The molecule has 4 heteroatoms. The standard InChI is InChI=1S/C23H28O4/c1-2-3-4-5-6-7-10-15-26-21-14-13-20-18(22(21)23(24)25)16-17-11-8-9-12-19(17)27-20/h8-9,11-14H,2-7,10,15-16H2,1H3,(H,24,25). The summed E-state index contributed by atoms with van der Waals surface area (Å²) in [4.78, 5) is 11.9. The molecule has 2 aromatic rings. The van der Waals surface area contributed by atoms with Crippen LogP contribution >= 0.6 is 0 Å². The van der Waals surface area contributed by atoms with Gasteiger partial charge in [0.15, 0.2) is 0 Å². The number of ether oxygens (including phenoxy) is 2. The molecule has 1 heterocycles. The summed E-state index contributed by atoms with van der Waals surface area (Å²) >= 11 is 0. The highest BCUT2D eigenvalue weighted by atomic mass is 16.5. The molecule has 144 valence electrons. The van der Waals surface area contributed by atoms with Crippen LogP contribution in [0.5, 0.6) is 17.2 Å². The molecule has 0 atom stereocenters. The Morgan fingerprint density at radius 3 is 2.52 bits per heavy atom. The Kier molecular flexibility index (Phi) is 6.74. The normalized spacial score (nSPS) is 12.0. The lowest BCUT2D eigenvalue weighted by atomic mass is 9.95. The quantitative estimate of drug-likeness (QED) is 0.432. The summed E-state index contributed by atoms with van der Waals surface area (Å²) in [6, 6.07) is 11.3. The summed E-state index contributed by atoms with van der Waals surface area (Å²) in [5.74, 6) is 0.868. The average Bonchev–Trinajstić information content (AvgIpc) is 2.67. The number of fused-ring (bicyclic) bond motifs is 2. The van der Waals surface area contributed by atoms with E-state index in [2.05, 4.69) is 6.92 Å². The van der Waals surface area contributed by atoms with Gasteiger partial charge in [-0.25, -0.2) is 4.79 Å². The third kappa shape index (κ3) is 4.82. The first-order valence-electron chi connectivity index (χ1n) is 9.98.